The molecule has 0 saturated heterocycles. The Bertz CT molecular complexity index is 1890. The van der Waals surface area contributed by atoms with Crippen molar-refractivity contribution in [2.45, 2.75) is 50.4 Å². The normalized spacial score (nSPS) is 12.9. The lowest BCUT2D eigenvalue weighted by atomic mass is 9.98. The first-order chi connectivity index (χ1) is 26.2. The molecule has 0 radical (unpaired) electrons. The molecule has 0 bridgehead atoms. The summed E-state index contributed by atoms with van der Waals surface area (Å²) in [5.74, 6) is -3.66. The number of alkyl carbamates (subject to hydrolysis) is 1. The van der Waals surface area contributed by atoms with Gasteiger partial charge in [0.1, 0.15) is 25.3 Å². The maximum Gasteiger partial charge on any atom is 0.408 e. The minimum Gasteiger partial charge on any atom is -0.461 e. The first-order valence-electron chi connectivity index (χ1n) is 17.6. The lowest BCUT2D eigenvalue weighted by molar-refractivity contribution is -0.148. The number of ether oxygens (including phenoxy) is 2. The third kappa shape index (κ3) is 13.1. The molecule has 0 spiro atoms. The van der Waals surface area contributed by atoms with Gasteiger partial charge in [0.25, 0.3) is 5.91 Å². The van der Waals surface area contributed by atoms with E-state index >= 15 is 0 Å². The zero-order chi connectivity index (χ0) is 38.7. The van der Waals surface area contributed by atoms with Crippen LogP contribution in [0.15, 0.2) is 128 Å². The summed E-state index contributed by atoms with van der Waals surface area (Å²) < 4.78 is 10.7. The summed E-state index contributed by atoms with van der Waals surface area (Å²) in [6, 6.07) is 28.0. The average Bonchev–Trinajstić information content (AvgIpc) is 3.18. The van der Waals surface area contributed by atoms with Crippen LogP contribution in [0.5, 0.6) is 0 Å². The summed E-state index contributed by atoms with van der Waals surface area (Å²) in [6.07, 6.45) is 2.25. The van der Waals surface area contributed by atoms with Crippen LogP contribution in [-0.2, 0) is 41.7 Å². The van der Waals surface area contributed by atoms with Crippen molar-refractivity contribution in [2.75, 3.05) is 18.5 Å². The molecule has 0 aliphatic carbocycles. The number of aliphatic hydroxyl groups excluding tert-OH is 1. The number of hydrogen-bond acceptors (Lipinski definition) is 8. The van der Waals surface area contributed by atoms with Crippen molar-refractivity contribution in [1.29, 1.82) is 0 Å². The first-order valence-corrected chi connectivity index (χ1v) is 17.6. The minimum absolute atomic E-state index is 0.00475. The van der Waals surface area contributed by atoms with Crippen molar-refractivity contribution in [3.63, 3.8) is 0 Å². The molecule has 282 valence electrons. The van der Waals surface area contributed by atoms with E-state index < -0.39 is 60.4 Å². The highest BCUT2D eigenvalue weighted by atomic mass is 16.6. The Morgan fingerprint density at radius 1 is 0.685 bits per heavy atom. The van der Waals surface area contributed by atoms with Crippen LogP contribution in [0.4, 0.5) is 10.5 Å². The van der Waals surface area contributed by atoms with E-state index in [4.69, 9.17) is 9.47 Å². The lowest BCUT2D eigenvalue weighted by Crippen LogP contribution is -2.51. The van der Waals surface area contributed by atoms with Crippen LogP contribution in [-0.4, -0.2) is 66.2 Å². The second-order valence-corrected chi connectivity index (χ2v) is 12.6. The molecule has 4 aromatic carbocycles. The van der Waals surface area contributed by atoms with Crippen LogP contribution < -0.4 is 21.3 Å². The summed E-state index contributed by atoms with van der Waals surface area (Å²) in [7, 11) is 0. The van der Waals surface area contributed by atoms with Gasteiger partial charge >= 0.3 is 12.1 Å². The molecular formula is C42H46N4O8. The van der Waals surface area contributed by atoms with Crippen molar-refractivity contribution < 1.29 is 38.6 Å². The van der Waals surface area contributed by atoms with E-state index in [1.807, 2.05) is 66.7 Å². The number of rotatable bonds is 20. The number of carbonyl (C=O) groups excluding carboxylic acids is 5. The van der Waals surface area contributed by atoms with Gasteiger partial charge in [-0.1, -0.05) is 103 Å². The molecule has 0 unspecified atom stereocenters. The number of carbonyl (C=O) groups is 5. The highest BCUT2D eigenvalue weighted by molar-refractivity contribution is 6.00. The fourth-order valence-corrected chi connectivity index (χ4v) is 5.58. The number of aliphatic hydroxyl groups is 1. The van der Waals surface area contributed by atoms with Crippen LogP contribution in [0, 0.1) is 5.92 Å². The van der Waals surface area contributed by atoms with Crippen LogP contribution in [0.3, 0.4) is 0 Å². The Morgan fingerprint density at radius 2 is 1.33 bits per heavy atom. The van der Waals surface area contributed by atoms with E-state index in [0.717, 1.165) is 21.9 Å². The topological polar surface area (TPSA) is 172 Å². The van der Waals surface area contributed by atoms with Crippen molar-refractivity contribution in [1.82, 2.24) is 16.0 Å². The van der Waals surface area contributed by atoms with Crippen molar-refractivity contribution in [3.05, 3.63) is 140 Å². The SMILES string of the molecule is C=CC[C@@H](CC(=O)N[C@H](CO)Cc1ccccc1)C(=O)N[C@@H](COC(=O)[C@@H](CC=C)NC(=O)OCc1ccccc1)C(=O)Nc1ccc2ccccc2c1. The average molecular weight is 735 g/mol. The molecule has 54 heavy (non-hydrogen) atoms. The molecule has 0 aromatic heterocycles. The van der Waals surface area contributed by atoms with Crippen LogP contribution in [0.2, 0.25) is 0 Å². The molecule has 12 nitrogen and oxygen atoms in total. The fourth-order valence-electron chi connectivity index (χ4n) is 5.58. The van der Waals surface area contributed by atoms with Gasteiger partial charge in [-0.15, -0.1) is 13.2 Å². The summed E-state index contributed by atoms with van der Waals surface area (Å²) in [6.45, 7) is 6.42. The predicted octanol–water partition coefficient (Wildman–Crippen LogP) is 4.98. The Hall–Kier alpha value is -6.27. The van der Waals surface area contributed by atoms with Gasteiger partial charge in [-0.3, -0.25) is 14.4 Å². The summed E-state index contributed by atoms with van der Waals surface area (Å²) in [5.41, 5.74) is 2.10. The third-order valence-electron chi connectivity index (χ3n) is 8.40. The Balaban J connectivity index is 1.45. The van der Waals surface area contributed by atoms with Crippen molar-refractivity contribution in [2.24, 2.45) is 5.92 Å². The van der Waals surface area contributed by atoms with E-state index in [2.05, 4.69) is 34.4 Å². The fraction of sp³-hybridized carbons (Fsp3) is 0.262. The summed E-state index contributed by atoms with van der Waals surface area (Å²) in [5, 5.41) is 22.4. The molecule has 0 aliphatic heterocycles. The molecule has 12 heteroatoms. The highest BCUT2D eigenvalue weighted by Gasteiger charge is 2.30. The molecule has 4 atom stereocenters. The smallest absolute Gasteiger partial charge is 0.408 e. The Labute approximate surface area is 314 Å². The molecule has 0 saturated carbocycles. The van der Waals surface area contributed by atoms with E-state index in [1.165, 1.54) is 12.2 Å². The lowest BCUT2D eigenvalue weighted by Gasteiger charge is -2.24. The van der Waals surface area contributed by atoms with Crippen molar-refractivity contribution in [3.8, 4) is 0 Å². The second-order valence-electron chi connectivity index (χ2n) is 12.6. The van der Waals surface area contributed by atoms with E-state index in [0.29, 0.717) is 12.1 Å². The van der Waals surface area contributed by atoms with Gasteiger partial charge < -0.3 is 35.8 Å². The van der Waals surface area contributed by atoms with Gasteiger partial charge in [0.05, 0.1) is 18.6 Å². The quantitative estimate of drug-likeness (QED) is 0.0625. The van der Waals surface area contributed by atoms with Gasteiger partial charge in [-0.25, -0.2) is 9.59 Å². The summed E-state index contributed by atoms with van der Waals surface area (Å²) in [4.78, 5) is 66.2. The Morgan fingerprint density at radius 3 is 2.00 bits per heavy atom. The number of nitrogens with one attached hydrogen (secondary N) is 4. The number of amides is 4. The molecule has 0 aliphatic rings. The number of allylic oxidation sites excluding steroid dienone is 1. The highest BCUT2D eigenvalue weighted by Crippen LogP contribution is 2.19. The zero-order valence-electron chi connectivity index (χ0n) is 29.9. The zero-order valence-corrected chi connectivity index (χ0v) is 29.9. The number of hydrogen-bond donors (Lipinski definition) is 5. The van der Waals surface area contributed by atoms with Crippen LogP contribution >= 0.6 is 0 Å². The largest absolute Gasteiger partial charge is 0.461 e. The Kier molecular flexibility index (Phi) is 16.0. The van der Waals surface area contributed by atoms with Crippen LogP contribution in [0.1, 0.15) is 30.4 Å². The monoisotopic (exact) mass is 734 g/mol. The summed E-state index contributed by atoms with van der Waals surface area (Å²) >= 11 is 0. The molecule has 4 amide bonds. The predicted molar refractivity (Wildman–Crippen MR) is 206 cm³/mol. The van der Waals surface area contributed by atoms with Gasteiger partial charge in [0.15, 0.2) is 0 Å². The second kappa shape index (κ2) is 21.3. The number of fused-ring (bicyclic) bond motifs is 1. The van der Waals surface area contributed by atoms with Gasteiger partial charge in [-0.2, -0.15) is 0 Å². The van der Waals surface area contributed by atoms with Crippen molar-refractivity contribution >= 4 is 46.2 Å². The molecule has 5 N–H and O–H groups in total. The van der Waals surface area contributed by atoms with E-state index in [9.17, 15) is 29.1 Å². The van der Waals surface area contributed by atoms with Gasteiger partial charge in [0, 0.05) is 12.1 Å². The van der Waals surface area contributed by atoms with E-state index in [-0.39, 0.29) is 32.5 Å². The van der Waals surface area contributed by atoms with Crippen LogP contribution in [0.25, 0.3) is 10.8 Å². The maximum atomic E-state index is 13.7. The van der Waals surface area contributed by atoms with E-state index in [1.54, 1.807) is 36.4 Å². The number of esters is 1. The minimum atomic E-state index is -1.40. The standard InChI is InChI=1S/C42H46N4O8/c1-3-13-33(25-38(48)43-35(26-47)23-29-15-7-5-8-16-29)39(49)45-37(40(50)44-34-22-21-31-19-11-12-20-32(31)24-34)28-53-41(51)36(14-4-2)46-42(52)54-27-30-17-9-6-10-18-30/h3-12,15-22,24,33,35-37,47H,1-2,13-14,23,25-28H2,(H,43,48)(H,44,50)(H,45,49)(H,46,52)/t33-,35-,36+,37-/m0/s1. The molecule has 0 fully saturated rings. The first kappa shape index (κ1) is 40.5. The van der Waals surface area contributed by atoms with Gasteiger partial charge in [-0.05, 0) is 53.3 Å². The maximum absolute atomic E-state index is 13.7. The molecule has 4 rings (SSSR count). The molecule has 0 heterocycles. The molecule has 4 aromatic rings. The van der Waals surface area contributed by atoms with Gasteiger partial charge in [0.2, 0.25) is 11.8 Å². The number of anilines is 1. The number of benzene rings is 4. The molecular weight excluding hydrogens is 688 g/mol. The third-order valence-corrected chi connectivity index (χ3v) is 8.40.